The van der Waals surface area contributed by atoms with Gasteiger partial charge in [-0.25, -0.2) is 0 Å². The number of hydrogen-bond acceptors (Lipinski definition) is 7. The molecule has 0 radical (unpaired) electrons. The van der Waals surface area contributed by atoms with Crippen LogP contribution >= 0.6 is 0 Å². The minimum Gasteiger partial charge on any atom is -0.372 e. The highest BCUT2D eigenvalue weighted by atomic mass is 28.4. The maximum atomic E-state index is 6.28. The third-order valence-corrected chi connectivity index (χ3v) is 7.56. The van der Waals surface area contributed by atoms with E-state index in [9.17, 15) is 0 Å². The highest BCUT2D eigenvalue weighted by Crippen LogP contribution is 2.37. The first-order valence-electron chi connectivity index (χ1n) is 10.1. The van der Waals surface area contributed by atoms with Gasteiger partial charge in [-0.3, -0.25) is 14.2 Å². The van der Waals surface area contributed by atoms with Crippen LogP contribution in [0.3, 0.4) is 0 Å². The molecule has 1 heterocycles. The van der Waals surface area contributed by atoms with Crippen molar-refractivity contribution in [3.05, 3.63) is 0 Å². The lowest BCUT2D eigenvalue weighted by molar-refractivity contribution is -0.559. The predicted molar refractivity (Wildman–Crippen MR) is 100 cm³/mol. The summed E-state index contributed by atoms with van der Waals surface area (Å²) < 4.78 is 41.9. The molecule has 1 saturated heterocycles. The van der Waals surface area contributed by atoms with E-state index >= 15 is 0 Å². The van der Waals surface area contributed by atoms with Crippen LogP contribution in [-0.2, 0) is 32.2 Å². The van der Waals surface area contributed by atoms with Crippen molar-refractivity contribution in [3.8, 4) is 0 Å². The minimum absolute atomic E-state index is 0.210. The van der Waals surface area contributed by atoms with E-state index in [0.29, 0.717) is 39.1 Å². The molecule has 0 amide bonds. The Morgan fingerprint density at radius 3 is 1.73 bits per heavy atom. The Morgan fingerprint density at radius 1 is 0.846 bits per heavy atom. The number of rotatable bonds is 15. The van der Waals surface area contributed by atoms with Gasteiger partial charge in [0, 0.05) is 26.2 Å². The zero-order valence-electron chi connectivity index (χ0n) is 17.5. The Labute approximate surface area is 159 Å². The third kappa shape index (κ3) is 5.97. The van der Waals surface area contributed by atoms with Crippen molar-refractivity contribution in [2.24, 2.45) is 0 Å². The average Bonchev–Trinajstić information content (AvgIpc) is 2.61. The number of hydrogen-bond donors (Lipinski definition) is 0. The van der Waals surface area contributed by atoms with E-state index in [1.165, 1.54) is 0 Å². The summed E-state index contributed by atoms with van der Waals surface area (Å²) in [5, 5.41) is 0. The molecule has 1 aliphatic rings. The summed E-state index contributed by atoms with van der Waals surface area (Å²) in [4.78, 5) is 0. The molecule has 2 atom stereocenters. The van der Waals surface area contributed by atoms with Crippen molar-refractivity contribution in [1.29, 1.82) is 0 Å². The molecule has 0 saturated carbocycles. The zero-order chi connectivity index (χ0) is 19.6. The van der Waals surface area contributed by atoms with Gasteiger partial charge < -0.3 is 18.0 Å². The molecule has 8 heteroatoms. The van der Waals surface area contributed by atoms with Crippen molar-refractivity contribution >= 4 is 8.80 Å². The van der Waals surface area contributed by atoms with Gasteiger partial charge in [0.15, 0.2) is 12.6 Å². The van der Waals surface area contributed by atoms with Crippen LogP contribution in [0.5, 0.6) is 0 Å². The maximum absolute atomic E-state index is 6.28. The molecule has 2 unspecified atom stereocenters. The molecule has 1 aliphatic heterocycles. The van der Waals surface area contributed by atoms with Crippen LogP contribution in [0.4, 0.5) is 0 Å². The molecule has 0 spiro atoms. The van der Waals surface area contributed by atoms with Crippen LogP contribution in [-0.4, -0.2) is 52.9 Å². The molecule has 156 valence electrons. The van der Waals surface area contributed by atoms with E-state index in [2.05, 4.69) is 0 Å². The molecule has 26 heavy (non-hydrogen) atoms. The lowest BCUT2D eigenvalue weighted by Crippen LogP contribution is -2.60. The molecule has 1 fully saturated rings. The monoisotopic (exact) mass is 394 g/mol. The van der Waals surface area contributed by atoms with Crippen LogP contribution in [0.25, 0.3) is 0 Å². The van der Waals surface area contributed by atoms with Gasteiger partial charge in [0.2, 0.25) is 0 Å². The maximum Gasteiger partial charge on any atom is 0.531 e. The molecule has 1 rings (SSSR count). The smallest absolute Gasteiger partial charge is 0.372 e. The van der Waals surface area contributed by atoms with Gasteiger partial charge >= 0.3 is 8.80 Å². The summed E-state index contributed by atoms with van der Waals surface area (Å²) in [6.45, 7) is 15.4. The van der Waals surface area contributed by atoms with Crippen LogP contribution in [0, 0.1) is 0 Å². The van der Waals surface area contributed by atoms with Crippen molar-refractivity contribution in [3.63, 3.8) is 0 Å². The third-order valence-electron chi connectivity index (χ3n) is 4.15. The van der Waals surface area contributed by atoms with Crippen LogP contribution < -0.4 is 0 Å². The Bertz CT molecular complexity index is 360. The number of ether oxygens (including phenoxy) is 4. The second-order valence-corrected chi connectivity index (χ2v) is 8.72. The van der Waals surface area contributed by atoms with Crippen LogP contribution in [0.2, 0.25) is 0 Å². The zero-order valence-corrected chi connectivity index (χ0v) is 18.5. The first-order valence-corrected chi connectivity index (χ1v) is 11.9. The largest absolute Gasteiger partial charge is 0.531 e. The van der Waals surface area contributed by atoms with Crippen molar-refractivity contribution < 1.29 is 32.2 Å². The first kappa shape index (κ1) is 24.0. The van der Waals surface area contributed by atoms with Gasteiger partial charge in [-0.2, -0.15) is 0 Å². The highest BCUT2D eigenvalue weighted by Gasteiger charge is 2.52. The second kappa shape index (κ2) is 11.7. The van der Waals surface area contributed by atoms with Gasteiger partial charge in [0.1, 0.15) is 5.73 Å². The molecule has 7 nitrogen and oxygen atoms in total. The van der Waals surface area contributed by atoms with E-state index in [-0.39, 0.29) is 12.0 Å². The van der Waals surface area contributed by atoms with Gasteiger partial charge in [-0.1, -0.05) is 27.7 Å². The van der Waals surface area contributed by atoms with Gasteiger partial charge in [-0.05, 0) is 40.0 Å². The summed E-state index contributed by atoms with van der Waals surface area (Å²) >= 11 is 0. The summed E-state index contributed by atoms with van der Waals surface area (Å²) in [5.41, 5.74) is -0.316. The van der Waals surface area contributed by atoms with Crippen molar-refractivity contribution in [2.45, 2.75) is 98.4 Å². The fourth-order valence-corrected chi connectivity index (χ4v) is 5.74. The molecule has 0 N–H and O–H groups in total. The van der Waals surface area contributed by atoms with E-state index in [1.54, 1.807) is 0 Å². The molecule has 0 aliphatic carbocycles. The van der Waals surface area contributed by atoms with Crippen LogP contribution in [0.1, 0.15) is 74.1 Å². The summed E-state index contributed by atoms with van der Waals surface area (Å²) in [6.07, 6.45) is 2.02. The second-order valence-electron chi connectivity index (χ2n) is 6.00. The first-order chi connectivity index (χ1) is 12.5. The predicted octanol–water partition coefficient (Wildman–Crippen LogP) is 3.97. The van der Waals surface area contributed by atoms with E-state index in [4.69, 9.17) is 32.2 Å². The lowest BCUT2D eigenvalue weighted by atomic mass is 10.3. The standard InChI is InChI=1S/C18H38O7Si/c1-8-15(23-18(11-4)24-16(9-2)25-18)22-17(10-3)26(19-12-5,20-13-6)21-14-7/h15-17H,8-14H2,1-7H3. The van der Waals surface area contributed by atoms with E-state index < -0.39 is 21.1 Å². The van der Waals surface area contributed by atoms with Crippen LogP contribution in [0.15, 0.2) is 0 Å². The van der Waals surface area contributed by atoms with Gasteiger partial charge in [-0.15, -0.1) is 0 Å². The Hall–Kier alpha value is -0.0631. The summed E-state index contributed by atoms with van der Waals surface area (Å²) in [7, 11) is -2.99. The molecule has 0 aromatic rings. The molecular formula is C18H38O7Si. The Kier molecular flexibility index (Phi) is 10.8. The molecule has 0 aromatic carbocycles. The topological polar surface area (TPSA) is 64.6 Å². The normalized spacial score (nSPS) is 25.7. The average molecular weight is 395 g/mol. The highest BCUT2D eigenvalue weighted by molar-refractivity contribution is 6.62. The van der Waals surface area contributed by atoms with Crippen molar-refractivity contribution in [2.75, 3.05) is 19.8 Å². The summed E-state index contributed by atoms with van der Waals surface area (Å²) in [5.74, 6) is -1.02. The SMILES string of the molecule is CCO[Si](OCC)(OCC)C(CC)OC(CC)OC1(CC)OC(CC)O1. The summed E-state index contributed by atoms with van der Waals surface area (Å²) in [6, 6.07) is 0. The van der Waals surface area contributed by atoms with Gasteiger partial charge in [0.25, 0.3) is 5.97 Å². The van der Waals surface area contributed by atoms with Gasteiger partial charge in [0.05, 0.1) is 0 Å². The minimum atomic E-state index is -2.99. The molecule has 0 bridgehead atoms. The molecular weight excluding hydrogens is 356 g/mol. The lowest BCUT2D eigenvalue weighted by Gasteiger charge is -2.47. The fourth-order valence-electron chi connectivity index (χ4n) is 2.91. The van der Waals surface area contributed by atoms with E-state index in [1.807, 2.05) is 48.5 Å². The Morgan fingerprint density at radius 2 is 1.38 bits per heavy atom. The van der Waals surface area contributed by atoms with Crippen molar-refractivity contribution in [1.82, 2.24) is 0 Å². The fraction of sp³-hybridized carbons (Fsp3) is 1.00. The Balaban J connectivity index is 2.85. The molecule has 0 aromatic heterocycles. The quantitative estimate of drug-likeness (QED) is 0.307. The van der Waals surface area contributed by atoms with E-state index in [0.717, 1.165) is 6.42 Å².